The van der Waals surface area contributed by atoms with Gasteiger partial charge in [0.1, 0.15) is 0 Å². The molecule has 0 radical (unpaired) electrons. The number of nitrogens with one attached hydrogen (secondary N) is 3. The first-order chi connectivity index (χ1) is 11.1. The predicted octanol–water partition coefficient (Wildman–Crippen LogP) is 2.13. The first-order valence-corrected chi connectivity index (χ1v) is 7.20. The Labute approximate surface area is 132 Å². The Bertz CT molecular complexity index is 852. The molecular formula is C17H16N4O2. The molecule has 0 atom stereocenters. The van der Waals surface area contributed by atoms with Gasteiger partial charge in [-0.15, -0.1) is 0 Å². The second-order valence-corrected chi connectivity index (χ2v) is 5.29. The van der Waals surface area contributed by atoms with Crippen LogP contribution in [0, 0.1) is 6.92 Å². The summed E-state index contributed by atoms with van der Waals surface area (Å²) in [6.07, 6.45) is 1.69. The van der Waals surface area contributed by atoms with Crippen LogP contribution >= 0.6 is 0 Å². The van der Waals surface area contributed by atoms with Gasteiger partial charge in [0.05, 0.1) is 11.7 Å². The number of hydrogen-bond acceptors (Lipinski definition) is 3. The van der Waals surface area contributed by atoms with Crippen LogP contribution in [-0.2, 0) is 16.1 Å². The van der Waals surface area contributed by atoms with E-state index in [1.165, 1.54) is 0 Å². The third-order valence-corrected chi connectivity index (χ3v) is 3.48. The summed E-state index contributed by atoms with van der Waals surface area (Å²) in [5, 5.41) is 12.8. The van der Waals surface area contributed by atoms with Crippen molar-refractivity contribution in [2.75, 3.05) is 5.32 Å². The maximum Gasteiger partial charge on any atom is 0.313 e. The van der Waals surface area contributed by atoms with Gasteiger partial charge in [0.25, 0.3) is 0 Å². The fourth-order valence-electron chi connectivity index (χ4n) is 2.17. The fraction of sp³-hybridized carbons (Fsp3) is 0.118. The molecule has 3 N–H and O–H groups in total. The summed E-state index contributed by atoms with van der Waals surface area (Å²) in [6.45, 7) is 2.30. The predicted molar refractivity (Wildman–Crippen MR) is 87.7 cm³/mol. The van der Waals surface area contributed by atoms with E-state index in [1.807, 2.05) is 37.3 Å². The highest BCUT2D eigenvalue weighted by Gasteiger charge is 2.13. The molecule has 2 aromatic carbocycles. The molecule has 6 heteroatoms. The van der Waals surface area contributed by atoms with Crippen LogP contribution in [-0.4, -0.2) is 22.0 Å². The summed E-state index contributed by atoms with van der Waals surface area (Å²) in [4.78, 5) is 23.8. The molecule has 0 saturated carbocycles. The monoisotopic (exact) mass is 308 g/mol. The lowest BCUT2D eigenvalue weighted by molar-refractivity contribution is -0.136. The molecule has 0 fully saturated rings. The summed E-state index contributed by atoms with van der Waals surface area (Å²) >= 11 is 0. The standard InChI is InChI=1S/C17H16N4O2/c1-11-2-4-12(5-3-11)9-18-16(22)17(23)20-14-7-6-13-10-19-21-15(13)8-14/h2-8,10H,9H2,1H3,(H,18,22)(H,19,21)(H,20,23). The lowest BCUT2D eigenvalue weighted by atomic mass is 10.1. The van der Waals surface area contributed by atoms with Gasteiger partial charge in [-0.3, -0.25) is 14.7 Å². The number of amides is 2. The average molecular weight is 308 g/mol. The number of carbonyl (C=O) groups excluding carboxylic acids is 2. The van der Waals surface area contributed by atoms with Crippen LogP contribution in [0.1, 0.15) is 11.1 Å². The smallest absolute Gasteiger partial charge is 0.313 e. The van der Waals surface area contributed by atoms with Gasteiger partial charge in [0.2, 0.25) is 0 Å². The summed E-state index contributed by atoms with van der Waals surface area (Å²) in [5.41, 5.74) is 3.42. The highest BCUT2D eigenvalue weighted by atomic mass is 16.2. The van der Waals surface area contributed by atoms with Gasteiger partial charge in [-0.25, -0.2) is 0 Å². The number of aromatic nitrogens is 2. The SMILES string of the molecule is Cc1ccc(CNC(=O)C(=O)Nc2ccc3cn[nH]c3c2)cc1. The van der Waals surface area contributed by atoms with Gasteiger partial charge < -0.3 is 10.6 Å². The van der Waals surface area contributed by atoms with Gasteiger partial charge in [-0.2, -0.15) is 5.10 Å². The summed E-state index contributed by atoms with van der Waals surface area (Å²) < 4.78 is 0. The number of rotatable bonds is 3. The molecule has 0 aliphatic carbocycles. The lowest BCUT2D eigenvalue weighted by Gasteiger charge is -2.07. The third-order valence-electron chi connectivity index (χ3n) is 3.48. The molecule has 1 heterocycles. The van der Waals surface area contributed by atoms with E-state index < -0.39 is 11.8 Å². The van der Waals surface area contributed by atoms with Crippen molar-refractivity contribution in [2.45, 2.75) is 13.5 Å². The molecule has 0 saturated heterocycles. The number of aromatic amines is 1. The van der Waals surface area contributed by atoms with Crippen LogP contribution in [0.15, 0.2) is 48.7 Å². The Morgan fingerprint density at radius 3 is 2.65 bits per heavy atom. The second-order valence-electron chi connectivity index (χ2n) is 5.29. The Kier molecular flexibility index (Phi) is 4.05. The molecule has 0 aliphatic heterocycles. The normalized spacial score (nSPS) is 10.5. The van der Waals surface area contributed by atoms with Crippen molar-refractivity contribution in [3.63, 3.8) is 0 Å². The number of anilines is 1. The van der Waals surface area contributed by atoms with Crippen molar-refractivity contribution < 1.29 is 9.59 Å². The Morgan fingerprint density at radius 1 is 1.09 bits per heavy atom. The molecule has 0 bridgehead atoms. The van der Waals surface area contributed by atoms with E-state index in [1.54, 1.807) is 18.3 Å². The number of nitrogens with zero attached hydrogens (tertiary/aromatic N) is 1. The molecule has 23 heavy (non-hydrogen) atoms. The van der Waals surface area contributed by atoms with Crippen LogP contribution in [0.3, 0.4) is 0 Å². The maximum atomic E-state index is 11.9. The molecule has 2 amide bonds. The van der Waals surface area contributed by atoms with E-state index in [0.717, 1.165) is 22.0 Å². The number of hydrogen-bond donors (Lipinski definition) is 3. The number of H-pyrrole nitrogens is 1. The van der Waals surface area contributed by atoms with E-state index >= 15 is 0 Å². The Hall–Kier alpha value is -3.15. The molecule has 1 aromatic heterocycles. The minimum Gasteiger partial charge on any atom is -0.344 e. The van der Waals surface area contributed by atoms with Gasteiger partial charge in [-0.05, 0) is 30.7 Å². The van der Waals surface area contributed by atoms with E-state index in [9.17, 15) is 9.59 Å². The van der Waals surface area contributed by atoms with Crippen molar-refractivity contribution in [1.29, 1.82) is 0 Å². The Balaban J connectivity index is 1.58. The minimum atomic E-state index is -0.698. The van der Waals surface area contributed by atoms with Crippen LogP contribution in [0.2, 0.25) is 0 Å². The van der Waals surface area contributed by atoms with Crippen molar-refractivity contribution in [2.24, 2.45) is 0 Å². The quantitative estimate of drug-likeness (QED) is 0.648. The molecule has 0 unspecified atom stereocenters. The fourth-order valence-corrected chi connectivity index (χ4v) is 2.17. The number of aryl methyl sites for hydroxylation is 1. The second kappa shape index (κ2) is 6.31. The van der Waals surface area contributed by atoms with Crippen LogP contribution in [0.5, 0.6) is 0 Å². The highest BCUT2D eigenvalue weighted by molar-refractivity contribution is 6.39. The van der Waals surface area contributed by atoms with Gasteiger partial charge >= 0.3 is 11.8 Å². The topological polar surface area (TPSA) is 86.9 Å². The maximum absolute atomic E-state index is 11.9. The molecule has 6 nitrogen and oxygen atoms in total. The zero-order valence-corrected chi connectivity index (χ0v) is 12.6. The zero-order chi connectivity index (χ0) is 16.2. The number of benzene rings is 2. The molecule has 0 aliphatic rings. The largest absolute Gasteiger partial charge is 0.344 e. The first-order valence-electron chi connectivity index (χ1n) is 7.20. The first kappa shape index (κ1) is 14.8. The third kappa shape index (κ3) is 3.55. The highest BCUT2D eigenvalue weighted by Crippen LogP contribution is 2.16. The number of fused-ring (bicyclic) bond motifs is 1. The van der Waals surface area contributed by atoms with Crippen molar-refractivity contribution in [3.05, 3.63) is 59.8 Å². The summed E-state index contributed by atoms with van der Waals surface area (Å²) in [7, 11) is 0. The van der Waals surface area contributed by atoms with Crippen molar-refractivity contribution in [3.8, 4) is 0 Å². The number of carbonyl (C=O) groups is 2. The van der Waals surface area contributed by atoms with Gasteiger partial charge in [-0.1, -0.05) is 29.8 Å². The summed E-state index contributed by atoms with van der Waals surface area (Å²) in [6, 6.07) is 13.0. The molecule has 116 valence electrons. The Morgan fingerprint density at radius 2 is 1.87 bits per heavy atom. The molecule has 3 rings (SSSR count). The van der Waals surface area contributed by atoms with E-state index in [-0.39, 0.29) is 0 Å². The van der Waals surface area contributed by atoms with E-state index in [4.69, 9.17) is 0 Å². The zero-order valence-electron chi connectivity index (χ0n) is 12.6. The van der Waals surface area contributed by atoms with E-state index in [0.29, 0.717) is 12.2 Å². The average Bonchev–Trinajstić information content (AvgIpc) is 3.01. The van der Waals surface area contributed by atoms with Gasteiger partial charge in [0.15, 0.2) is 0 Å². The van der Waals surface area contributed by atoms with Crippen LogP contribution < -0.4 is 10.6 Å². The van der Waals surface area contributed by atoms with Crippen molar-refractivity contribution in [1.82, 2.24) is 15.5 Å². The van der Waals surface area contributed by atoms with Crippen LogP contribution in [0.25, 0.3) is 10.9 Å². The van der Waals surface area contributed by atoms with Crippen molar-refractivity contribution >= 4 is 28.4 Å². The lowest BCUT2D eigenvalue weighted by Crippen LogP contribution is -2.34. The summed E-state index contributed by atoms with van der Waals surface area (Å²) in [5.74, 6) is -1.37. The molecule has 0 spiro atoms. The van der Waals surface area contributed by atoms with E-state index in [2.05, 4.69) is 20.8 Å². The minimum absolute atomic E-state index is 0.312. The molecule has 3 aromatic rings. The van der Waals surface area contributed by atoms with Gasteiger partial charge in [0, 0.05) is 17.6 Å². The molecular weight excluding hydrogens is 292 g/mol. The van der Waals surface area contributed by atoms with Crippen LogP contribution in [0.4, 0.5) is 5.69 Å².